The van der Waals surface area contributed by atoms with Gasteiger partial charge in [-0.25, -0.2) is 8.42 Å². The van der Waals surface area contributed by atoms with Gasteiger partial charge in [0.2, 0.25) is 0 Å². The van der Waals surface area contributed by atoms with Crippen LogP contribution in [0.1, 0.15) is 11.1 Å². The third-order valence-corrected chi connectivity index (χ3v) is 3.76. The number of hydrogen-bond donors (Lipinski definition) is 0. The van der Waals surface area contributed by atoms with Crippen molar-refractivity contribution in [2.45, 2.75) is 13.3 Å². The van der Waals surface area contributed by atoms with Gasteiger partial charge in [-0.1, -0.05) is 18.2 Å². The van der Waals surface area contributed by atoms with Crippen molar-refractivity contribution in [1.29, 1.82) is 0 Å². The van der Waals surface area contributed by atoms with Crippen LogP contribution in [-0.2, 0) is 16.3 Å². The van der Waals surface area contributed by atoms with E-state index < -0.39 is 9.84 Å². The highest BCUT2D eigenvalue weighted by atomic mass is 32.2. The first-order valence-electron chi connectivity index (χ1n) is 5.47. The van der Waals surface area contributed by atoms with Crippen LogP contribution in [-0.4, -0.2) is 25.4 Å². The summed E-state index contributed by atoms with van der Waals surface area (Å²) in [6.07, 6.45) is 5.36. The van der Waals surface area contributed by atoms with Gasteiger partial charge in [-0.05, 0) is 29.9 Å². The summed E-state index contributed by atoms with van der Waals surface area (Å²) in [7, 11) is -2.93. The van der Waals surface area contributed by atoms with E-state index in [0.717, 1.165) is 21.9 Å². The minimum atomic E-state index is -2.93. The molecule has 90 valence electrons. The van der Waals surface area contributed by atoms with Crippen LogP contribution >= 0.6 is 0 Å². The second-order valence-corrected chi connectivity index (χ2v) is 6.61. The molecule has 2 rings (SSSR count). The molecule has 0 N–H and O–H groups in total. The van der Waals surface area contributed by atoms with Crippen LogP contribution in [0.4, 0.5) is 0 Å². The lowest BCUT2D eigenvalue weighted by Crippen LogP contribution is -2.06. The Kier molecular flexibility index (Phi) is 3.15. The second kappa shape index (κ2) is 4.45. The van der Waals surface area contributed by atoms with Crippen LogP contribution in [0.5, 0.6) is 0 Å². The molecule has 0 atom stereocenters. The first-order valence-corrected chi connectivity index (χ1v) is 7.53. The quantitative estimate of drug-likeness (QED) is 0.837. The summed E-state index contributed by atoms with van der Waals surface area (Å²) in [5.41, 5.74) is 2.17. The Bertz CT molecular complexity index is 642. The van der Waals surface area contributed by atoms with E-state index in [0.29, 0.717) is 6.42 Å². The Morgan fingerprint density at radius 2 is 2.00 bits per heavy atom. The molecule has 0 spiro atoms. The first kappa shape index (κ1) is 12.0. The Morgan fingerprint density at radius 3 is 2.71 bits per heavy atom. The molecule has 0 amide bonds. The standard InChI is InChI=1S/C13H15NO2S/c1-10-4-3-5-11-8-14-9-12(13(10)11)6-7-17(2,15)16/h3-5,8-9H,6-7H2,1-2H3. The minimum absolute atomic E-state index is 0.169. The molecule has 1 aromatic heterocycles. The molecule has 1 heterocycles. The maximum absolute atomic E-state index is 11.2. The fourth-order valence-corrected chi connectivity index (χ4v) is 2.58. The number of fused-ring (bicyclic) bond motifs is 1. The number of benzene rings is 1. The van der Waals surface area contributed by atoms with Crippen LogP contribution in [0.25, 0.3) is 10.8 Å². The van der Waals surface area contributed by atoms with E-state index in [2.05, 4.69) is 4.98 Å². The summed E-state index contributed by atoms with van der Waals surface area (Å²) in [5.74, 6) is 0.169. The molecule has 0 fully saturated rings. The molecule has 3 nitrogen and oxygen atoms in total. The molecule has 0 aliphatic carbocycles. The van der Waals surface area contributed by atoms with Crippen LogP contribution < -0.4 is 0 Å². The lowest BCUT2D eigenvalue weighted by Gasteiger charge is -2.08. The average molecular weight is 249 g/mol. The topological polar surface area (TPSA) is 47.0 Å². The van der Waals surface area contributed by atoms with Gasteiger partial charge in [-0.15, -0.1) is 0 Å². The monoisotopic (exact) mass is 249 g/mol. The molecule has 0 radical (unpaired) electrons. The predicted molar refractivity (Wildman–Crippen MR) is 69.9 cm³/mol. The highest BCUT2D eigenvalue weighted by Gasteiger charge is 2.08. The highest BCUT2D eigenvalue weighted by Crippen LogP contribution is 2.21. The summed E-state index contributed by atoms with van der Waals surface area (Å²) in [5, 5.41) is 2.20. The first-order chi connectivity index (χ1) is 7.97. The van der Waals surface area contributed by atoms with E-state index in [9.17, 15) is 8.42 Å². The molecule has 0 saturated heterocycles. The number of aryl methyl sites for hydroxylation is 2. The van der Waals surface area contributed by atoms with Crippen LogP contribution in [0, 0.1) is 6.92 Å². The smallest absolute Gasteiger partial charge is 0.147 e. The van der Waals surface area contributed by atoms with Gasteiger partial charge in [0, 0.05) is 24.0 Å². The molecule has 4 heteroatoms. The van der Waals surface area contributed by atoms with Gasteiger partial charge in [0.1, 0.15) is 9.84 Å². The summed E-state index contributed by atoms with van der Waals surface area (Å²) >= 11 is 0. The van der Waals surface area contributed by atoms with Crippen LogP contribution in [0.3, 0.4) is 0 Å². The highest BCUT2D eigenvalue weighted by molar-refractivity contribution is 7.90. The number of rotatable bonds is 3. The zero-order valence-electron chi connectivity index (χ0n) is 9.97. The van der Waals surface area contributed by atoms with E-state index in [-0.39, 0.29) is 5.75 Å². The average Bonchev–Trinajstić information content (AvgIpc) is 2.25. The molecule has 17 heavy (non-hydrogen) atoms. The molecule has 2 aromatic rings. The summed E-state index contributed by atoms with van der Waals surface area (Å²) < 4.78 is 22.4. The number of pyridine rings is 1. The fraction of sp³-hybridized carbons (Fsp3) is 0.308. The van der Waals surface area contributed by atoms with E-state index in [1.165, 1.54) is 6.26 Å². The van der Waals surface area contributed by atoms with E-state index in [1.807, 2.05) is 31.3 Å². The number of nitrogens with zero attached hydrogens (tertiary/aromatic N) is 1. The van der Waals surface area contributed by atoms with Gasteiger partial charge in [-0.2, -0.15) is 0 Å². The van der Waals surface area contributed by atoms with Gasteiger partial charge in [0.25, 0.3) is 0 Å². The predicted octanol–water partition coefficient (Wildman–Crippen LogP) is 2.13. The van der Waals surface area contributed by atoms with Crippen molar-refractivity contribution in [1.82, 2.24) is 4.98 Å². The van der Waals surface area contributed by atoms with Crippen molar-refractivity contribution in [2.24, 2.45) is 0 Å². The van der Waals surface area contributed by atoms with E-state index in [4.69, 9.17) is 0 Å². The van der Waals surface area contributed by atoms with Crippen LogP contribution in [0.2, 0.25) is 0 Å². The van der Waals surface area contributed by atoms with Gasteiger partial charge in [0.15, 0.2) is 0 Å². The van der Waals surface area contributed by atoms with E-state index >= 15 is 0 Å². The van der Waals surface area contributed by atoms with E-state index in [1.54, 1.807) is 6.20 Å². The maximum atomic E-state index is 11.2. The number of aromatic nitrogens is 1. The van der Waals surface area contributed by atoms with Crippen molar-refractivity contribution < 1.29 is 8.42 Å². The van der Waals surface area contributed by atoms with Gasteiger partial charge in [-0.3, -0.25) is 4.98 Å². The molecular weight excluding hydrogens is 234 g/mol. The third kappa shape index (κ3) is 2.82. The Labute approximate surface area is 101 Å². The lowest BCUT2D eigenvalue weighted by atomic mass is 10.0. The fourth-order valence-electron chi connectivity index (χ4n) is 1.99. The molecule has 0 aliphatic heterocycles. The van der Waals surface area contributed by atoms with Crippen LogP contribution in [0.15, 0.2) is 30.6 Å². The van der Waals surface area contributed by atoms with Gasteiger partial charge >= 0.3 is 0 Å². The Hall–Kier alpha value is -1.42. The summed E-state index contributed by atoms with van der Waals surface area (Å²) in [4.78, 5) is 4.16. The number of sulfone groups is 1. The SMILES string of the molecule is Cc1cccc2cncc(CCS(C)(=O)=O)c12. The zero-order valence-corrected chi connectivity index (χ0v) is 10.8. The van der Waals surface area contributed by atoms with Gasteiger partial charge < -0.3 is 0 Å². The second-order valence-electron chi connectivity index (χ2n) is 4.35. The van der Waals surface area contributed by atoms with Gasteiger partial charge in [0.05, 0.1) is 5.75 Å². The molecule has 0 aliphatic rings. The molecule has 0 saturated carbocycles. The molecule has 1 aromatic carbocycles. The normalized spacial score (nSPS) is 11.9. The van der Waals surface area contributed by atoms with Crippen molar-refractivity contribution in [3.05, 3.63) is 41.7 Å². The Balaban J connectivity index is 2.47. The summed E-state index contributed by atoms with van der Waals surface area (Å²) in [6.45, 7) is 2.03. The molecule has 0 bridgehead atoms. The molecule has 0 unspecified atom stereocenters. The lowest BCUT2D eigenvalue weighted by molar-refractivity contribution is 0.601. The molecular formula is C13H15NO2S. The van der Waals surface area contributed by atoms with Crippen molar-refractivity contribution in [3.63, 3.8) is 0 Å². The Morgan fingerprint density at radius 1 is 1.24 bits per heavy atom. The summed E-state index contributed by atoms with van der Waals surface area (Å²) in [6, 6.07) is 6.02. The van der Waals surface area contributed by atoms with Crippen molar-refractivity contribution in [2.75, 3.05) is 12.0 Å². The minimum Gasteiger partial charge on any atom is -0.264 e. The van der Waals surface area contributed by atoms with Crippen molar-refractivity contribution >= 4 is 20.6 Å². The zero-order chi connectivity index (χ0) is 12.5. The maximum Gasteiger partial charge on any atom is 0.147 e. The van der Waals surface area contributed by atoms with Crippen molar-refractivity contribution in [3.8, 4) is 0 Å². The largest absolute Gasteiger partial charge is 0.264 e. The number of hydrogen-bond acceptors (Lipinski definition) is 3. The third-order valence-electron chi connectivity index (χ3n) is 2.81.